The lowest BCUT2D eigenvalue weighted by molar-refractivity contribution is -0.140. The smallest absolute Gasteiger partial charge is 0.341 e. The molecule has 1 aliphatic rings. The SMILES string of the molecule is CCOC(=O)C1=C(c2ccccc2)NC(=S)NC1c1ccc(OCC(=O)O)c(OCC)c1. The van der Waals surface area contributed by atoms with E-state index in [1.54, 1.807) is 25.1 Å². The van der Waals surface area contributed by atoms with Gasteiger partial charge in [-0.3, -0.25) is 0 Å². The van der Waals surface area contributed by atoms with Gasteiger partial charge in [0.1, 0.15) is 0 Å². The third-order valence-electron chi connectivity index (χ3n) is 4.58. The monoisotopic (exact) mass is 456 g/mol. The number of rotatable bonds is 9. The highest BCUT2D eigenvalue weighted by Gasteiger charge is 2.33. The Morgan fingerprint density at radius 2 is 1.78 bits per heavy atom. The second-order valence-electron chi connectivity index (χ2n) is 6.73. The average molecular weight is 457 g/mol. The van der Waals surface area contributed by atoms with Gasteiger partial charge >= 0.3 is 11.9 Å². The zero-order chi connectivity index (χ0) is 23.1. The zero-order valence-corrected chi connectivity index (χ0v) is 18.5. The third-order valence-corrected chi connectivity index (χ3v) is 4.80. The Morgan fingerprint density at radius 1 is 1.03 bits per heavy atom. The largest absolute Gasteiger partial charge is 0.490 e. The maximum absolute atomic E-state index is 13.0. The Hall–Kier alpha value is -3.59. The van der Waals surface area contributed by atoms with E-state index in [9.17, 15) is 9.59 Å². The fourth-order valence-electron chi connectivity index (χ4n) is 3.31. The van der Waals surface area contributed by atoms with Crippen LogP contribution in [0.3, 0.4) is 0 Å². The molecule has 168 valence electrons. The van der Waals surface area contributed by atoms with Crippen LogP contribution in [-0.4, -0.2) is 42.0 Å². The van der Waals surface area contributed by atoms with Gasteiger partial charge in [0.25, 0.3) is 0 Å². The number of nitrogens with one attached hydrogen (secondary N) is 2. The molecule has 0 radical (unpaired) electrons. The van der Waals surface area contributed by atoms with Gasteiger partial charge in [0.05, 0.1) is 30.5 Å². The highest BCUT2D eigenvalue weighted by Crippen LogP contribution is 2.36. The lowest BCUT2D eigenvalue weighted by Crippen LogP contribution is -2.45. The van der Waals surface area contributed by atoms with Gasteiger partial charge in [0, 0.05) is 0 Å². The number of hydrogen-bond donors (Lipinski definition) is 3. The maximum atomic E-state index is 13.0. The van der Waals surface area contributed by atoms with E-state index in [0.29, 0.717) is 40.1 Å². The van der Waals surface area contributed by atoms with E-state index < -0.39 is 24.6 Å². The molecule has 0 bridgehead atoms. The summed E-state index contributed by atoms with van der Waals surface area (Å²) in [5.74, 6) is -0.925. The number of carboxylic acid groups (broad SMARTS) is 1. The first-order chi connectivity index (χ1) is 15.4. The molecule has 8 nitrogen and oxygen atoms in total. The van der Waals surface area contributed by atoms with Crippen molar-refractivity contribution in [2.75, 3.05) is 19.8 Å². The van der Waals surface area contributed by atoms with Crippen LogP contribution in [0.5, 0.6) is 11.5 Å². The van der Waals surface area contributed by atoms with Gasteiger partial charge in [0.2, 0.25) is 0 Å². The van der Waals surface area contributed by atoms with Crippen LogP contribution in [0.1, 0.15) is 31.0 Å². The topological polar surface area (TPSA) is 106 Å². The van der Waals surface area contributed by atoms with E-state index in [1.807, 2.05) is 37.3 Å². The summed E-state index contributed by atoms with van der Waals surface area (Å²) in [4.78, 5) is 23.9. The molecule has 9 heteroatoms. The molecule has 0 fully saturated rings. The quantitative estimate of drug-likeness (QED) is 0.388. The molecule has 0 saturated carbocycles. The first-order valence-corrected chi connectivity index (χ1v) is 10.5. The molecular formula is C23H24N2O6S. The van der Waals surface area contributed by atoms with Crippen LogP contribution >= 0.6 is 12.2 Å². The molecular weight excluding hydrogens is 432 g/mol. The molecule has 2 aromatic carbocycles. The van der Waals surface area contributed by atoms with Gasteiger partial charge in [0.15, 0.2) is 23.2 Å². The van der Waals surface area contributed by atoms with Crippen molar-refractivity contribution < 1.29 is 28.9 Å². The van der Waals surface area contributed by atoms with Gasteiger partial charge in [-0.2, -0.15) is 0 Å². The summed E-state index contributed by atoms with van der Waals surface area (Å²) >= 11 is 5.41. The minimum Gasteiger partial charge on any atom is -0.490 e. The standard InChI is InChI=1S/C23H24N2O6S/c1-3-29-17-12-15(10-11-16(17)31-13-18(26)27)21-19(22(28)30-4-2)20(24-23(32)25-21)14-8-6-5-7-9-14/h5-12,21H,3-4,13H2,1-2H3,(H,26,27)(H2,24,25,32). The molecule has 3 N–H and O–H groups in total. The number of ether oxygens (including phenoxy) is 3. The number of benzene rings is 2. The number of carbonyl (C=O) groups excluding carboxylic acids is 1. The maximum Gasteiger partial charge on any atom is 0.341 e. The molecule has 0 aromatic heterocycles. The first kappa shape index (κ1) is 23.1. The average Bonchev–Trinajstić information content (AvgIpc) is 2.78. The van der Waals surface area contributed by atoms with Gasteiger partial charge in [-0.1, -0.05) is 36.4 Å². The molecule has 3 rings (SSSR count). The number of aliphatic carboxylic acids is 1. The molecule has 1 unspecified atom stereocenters. The molecule has 1 aliphatic heterocycles. The van der Waals surface area contributed by atoms with E-state index in [2.05, 4.69) is 10.6 Å². The van der Waals surface area contributed by atoms with E-state index in [4.69, 9.17) is 31.5 Å². The van der Waals surface area contributed by atoms with Crippen LogP contribution in [0.4, 0.5) is 0 Å². The fraction of sp³-hybridized carbons (Fsp3) is 0.261. The van der Waals surface area contributed by atoms with E-state index in [0.717, 1.165) is 5.56 Å². The number of carbonyl (C=O) groups is 2. The highest BCUT2D eigenvalue weighted by atomic mass is 32.1. The van der Waals surface area contributed by atoms with Crippen molar-refractivity contribution in [2.24, 2.45) is 0 Å². The molecule has 0 aliphatic carbocycles. The molecule has 32 heavy (non-hydrogen) atoms. The summed E-state index contributed by atoms with van der Waals surface area (Å²) in [6, 6.07) is 13.8. The zero-order valence-electron chi connectivity index (χ0n) is 17.7. The van der Waals surface area contributed by atoms with Gasteiger partial charge in [-0.25, -0.2) is 9.59 Å². The van der Waals surface area contributed by atoms with E-state index >= 15 is 0 Å². The van der Waals surface area contributed by atoms with Crippen molar-refractivity contribution in [2.45, 2.75) is 19.9 Å². The predicted octanol–water partition coefficient (Wildman–Crippen LogP) is 3.04. The van der Waals surface area contributed by atoms with Crippen molar-refractivity contribution in [1.29, 1.82) is 0 Å². The van der Waals surface area contributed by atoms with Crippen molar-refractivity contribution in [3.63, 3.8) is 0 Å². The Labute approximate surface area is 191 Å². The van der Waals surface area contributed by atoms with Crippen molar-refractivity contribution in [3.8, 4) is 11.5 Å². The second-order valence-corrected chi connectivity index (χ2v) is 7.14. The lowest BCUT2D eigenvalue weighted by atomic mass is 9.92. The molecule has 2 aromatic rings. The number of carboxylic acids is 1. The minimum absolute atomic E-state index is 0.216. The fourth-order valence-corrected chi connectivity index (χ4v) is 3.53. The summed E-state index contributed by atoms with van der Waals surface area (Å²) in [5, 5.41) is 15.5. The Kier molecular flexibility index (Phi) is 7.67. The lowest BCUT2D eigenvalue weighted by Gasteiger charge is -2.31. The van der Waals surface area contributed by atoms with Crippen molar-refractivity contribution in [3.05, 3.63) is 65.2 Å². The van der Waals surface area contributed by atoms with Crippen LogP contribution in [-0.2, 0) is 14.3 Å². The minimum atomic E-state index is -1.10. The van der Waals surface area contributed by atoms with Gasteiger partial charge in [-0.15, -0.1) is 0 Å². The third kappa shape index (κ3) is 5.36. The summed E-state index contributed by atoms with van der Waals surface area (Å²) in [6.45, 7) is 3.62. The number of thiocarbonyl (C=S) groups is 1. The first-order valence-electron chi connectivity index (χ1n) is 10.1. The second kappa shape index (κ2) is 10.6. The Balaban J connectivity index is 2.10. The molecule has 0 saturated heterocycles. The predicted molar refractivity (Wildman–Crippen MR) is 122 cm³/mol. The summed E-state index contributed by atoms with van der Waals surface area (Å²) < 4.78 is 16.3. The summed E-state index contributed by atoms with van der Waals surface area (Å²) in [6.07, 6.45) is 0. The summed E-state index contributed by atoms with van der Waals surface area (Å²) in [5.41, 5.74) is 2.39. The van der Waals surface area contributed by atoms with Crippen LogP contribution in [0, 0.1) is 0 Å². The van der Waals surface area contributed by atoms with Crippen molar-refractivity contribution >= 4 is 35.0 Å². The van der Waals surface area contributed by atoms with Crippen LogP contribution < -0.4 is 20.1 Å². The molecule has 1 atom stereocenters. The number of esters is 1. The normalized spacial score (nSPS) is 15.4. The van der Waals surface area contributed by atoms with Crippen molar-refractivity contribution in [1.82, 2.24) is 10.6 Å². The van der Waals surface area contributed by atoms with Crippen LogP contribution in [0.25, 0.3) is 5.70 Å². The Bertz CT molecular complexity index is 1040. The van der Waals surface area contributed by atoms with Crippen LogP contribution in [0.2, 0.25) is 0 Å². The summed E-state index contributed by atoms with van der Waals surface area (Å²) in [7, 11) is 0. The van der Waals surface area contributed by atoms with E-state index in [-0.39, 0.29) is 6.61 Å². The number of hydrogen-bond acceptors (Lipinski definition) is 6. The van der Waals surface area contributed by atoms with E-state index in [1.165, 1.54) is 0 Å². The molecule has 0 amide bonds. The molecule has 0 spiro atoms. The van der Waals surface area contributed by atoms with Gasteiger partial charge < -0.3 is 30.0 Å². The van der Waals surface area contributed by atoms with Crippen LogP contribution in [0.15, 0.2) is 54.1 Å². The Morgan fingerprint density at radius 3 is 2.44 bits per heavy atom. The molecule has 1 heterocycles. The highest BCUT2D eigenvalue weighted by molar-refractivity contribution is 7.80. The van der Waals surface area contributed by atoms with Gasteiger partial charge in [-0.05, 0) is 49.3 Å².